The average Bonchev–Trinajstić information content (AvgIpc) is 2.42. The first kappa shape index (κ1) is 13.8. The molecule has 0 aliphatic heterocycles. The fraction of sp³-hybridized carbons (Fsp3) is 0.0714. The SMILES string of the molecule is COC(=O)c1ccc(Oc2ccc(F)cc2F)c(N)c1. The molecule has 0 aliphatic rings. The molecule has 0 bridgehead atoms. The summed E-state index contributed by atoms with van der Waals surface area (Å²) in [7, 11) is 1.25. The van der Waals surface area contributed by atoms with Gasteiger partial charge in [0.1, 0.15) is 5.82 Å². The summed E-state index contributed by atoms with van der Waals surface area (Å²) in [6.45, 7) is 0. The number of nitrogens with two attached hydrogens (primary N) is 1. The van der Waals surface area contributed by atoms with Crippen molar-refractivity contribution in [1.82, 2.24) is 0 Å². The first-order valence-corrected chi connectivity index (χ1v) is 5.62. The standard InChI is InChI=1S/C14H11F2NO3/c1-19-14(18)8-2-4-13(11(17)6-8)20-12-5-3-9(15)7-10(12)16/h2-7H,17H2,1H3. The Morgan fingerprint density at radius 3 is 2.40 bits per heavy atom. The second-order valence-electron chi connectivity index (χ2n) is 3.92. The third kappa shape index (κ3) is 2.85. The third-order valence-electron chi connectivity index (χ3n) is 2.54. The molecule has 0 amide bonds. The van der Waals surface area contributed by atoms with E-state index in [2.05, 4.69) is 4.74 Å². The van der Waals surface area contributed by atoms with Gasteiger partial charge < -0.3 is 15.2 Å². The lowest BCUT2D eigenvalue weighted by molar-refractivity contribution is 0.0601. The largest absolute Gasteiger partial charge is 0.465 e. The maximum atomic E-state index is 13.4. The number of halogens is 2. The van der Waals surface area contributed by atoms with Gasteiger partial charge in [-0.05, 0) is 30.3 Å². The first-order valence-electron chi connectivity index (χ1n) is 5.62. The van der Waals surface area contributed by atoms with Crippen molar-refractivity contribution in [2.24, 2.45) is 0 Å². The summed E-state index contributed by atoms with van der Waals surface area (Å²) in [6, 6.07) is 7.11. The highest BCUT2D eigenvalue weighted by Gasteiger charge is 2.11. The quantitative estimate of drug-likeness (QED) is 0.692. The predicted molar refractivity (Wildman–Crippen MR) is 68.6 cm³/mol. The number of ether oxygens (including phenoxy) is 2. The van der Waals surface area contributed by atoms with Crippen molar-refractivity contribution in [3.05, 3.63) is 53.6 Å². The van der Waals surface area contributed by atoms with Gasteiger partial charge >= 0.3 is 5.97 Å². The summed E-state index contributed by atoms with van der Waals surface area (Å²) in [6.07, 6.45) is 0. The lowest BCUT2D eigenvalue weighted by Crippen LogP contribution is -2.03. The van der Waals surface area contributed by atoms with Crippen LogP contribution in [0.1, 0.15) is 10.4 Å². The molecule has 0 aliphatic carbocycles. The molecule has 2 aromatic rings. The van der Waals surface area contributed by atoms with Gasteiger partial charge in [-0.1, -0.05) is 0 Å². The highest BCUT2D eigenvalue weighted by molar-refractivity contribution is 5.90. The van der Waals surface area contributed by atoms with Crippen LogP contribution in [0.5, 0.6) is 11.5 Å². The summed E-state index contributed by atoms with van der Waals surface area (Å²) in [5.74, 6) is -2.10. The fourth-order valence-corrected chi connectivity index (χ4v) is 1.56. The summed E-state index contributed by atoms with van der Waals surface area (Å²) >= 11 is 0. The van der Waals surface area contributed by atoms with E-state index in [0.29, 0.717) is 6.07 Å². The van der Waals surface area contributed by atoms with E-state index in [-0.39, 0.29) is 22.7 Å². The Morgan fingerprint density at radius 1 is 1.10 bits per heavy atom. The molecule has 2 aromatic carbocycles. The highest BCUT2D eigenvalue weighted by Crippen LogP contribution is 2.30. The zero-order valence-electron chi connectivity index (χ0n) is 10.5. The Labute approximate surface area is 113 Å². The van der Waals surface area contributed by atoms with Gasteiger partial charge in [-0.2, -0.15) is 0 Å². The summed E-state index contributed by atoms with van der Waals surface area (Å²) in [4.78, 5) is 11.3. The van der Waals surface area contributed by atoms with E-state index in [1.54, 1.807) is 0 Å². The van der Waals surface area contributed by atoms with Gasteiger partial charge in [0.25, 0.3) is 0 Å². The molecule has 0 unspecified atom stereocenters. The second kappa shape index (κ2) is 5.56. The number of hydrogen-bond acceptors (Lipinski definition) is 4. The summed E-state index contributed by atoms with van der Waals surface area (Å²) in [5.41, 5.74) is 6.10. The van der Waals surface area contributed by atoms with Crippen LogP contribution < -0.4 is 10.5 Å². The maximum absolute atomic E-state index is 13.4. The van der Waals surface area contributed by atoms with Gasteiger partial charge in [0.05, 0.1) is 18.4 Å². The van der Waals surface area contributed by atoms with Crippen LogP contribution in [0, 0.1) is 11.6 Å². The van der Waals surface area contributed by atoms with E-state index in [1.165, 1.54) is 25.3 Å². The molecular weight excluding hydrogens is 268 g/mol. The minimum absolute atomic E-state index is 0.136. The number of esters is 1. The van der Waals surface area contributed by atoms with Gasteiger partial charge in [-0.15, -0.1) is 0 Å². The molecule has 0 spiro atoms. The molecule has 0 radical (unpaired) electrons. The number of nitrogen functional groups attached to an aromatic ring is 1. The minimum atomic E-state index is -0.846. The van der Waals surface area contributed by atoms with Gasteiger partial charge in [-0.25, -0.2) is 13.6 Å². The number of carbonyl (C=O) groups is 1. The van der Waals surface area contributed by atoms with Crippen LogP contribution in [0.4, 0.5) is 14.5 Å². The van der Waals surface area contributed by atoms with Crippen LogP contribution in [0.25, 0.3) is 0 Å². The van der Waals surface area contributed by atoms with Crippen molar-refractivity contribution < 1.29 is 23.0 Å². The molecule has 0 aromatic heterocycles. The van der Waals surface area contributed by atoms with Crippen molar-refractivity contribution in [2.75, 3.05) is 12.8 Å². The molecule has 104 valence electrons. The molecule has 0 atom stereocenters. The lowest BCUT2D eigenvalue weighted by atomic mass is 10.2. The van der Waals surface area contributed by atoms with Crippen LogP contribution in [0.15, 0.2) is 36.4 Å². The number of hydrogen-bond donors (Lipinski definition) is 1. The molecule has 4 nitrogen and oxygen atoms in total. The average molecular weight is 279 g/mol. The molecule has 2 rings (SSSR count). The summed E-state index contributed by atoms with van der Waals surface area (Å²) in [5, 5.41) is 0. The third-order valence-corrected chi connectivity index (χ3v) is 2.54. The van der Waals surface area contributed by atoms with Gasteiger partial charge in [-0.3, -0.25) is 0 Å². The van der Waals surface area contributed by atoms with Gasteiger partial charge in [0.15, 0.2) is 17.3 Å². The number of rotatable bonds is 3. The smallest absolute Gasteiger partial charge is 0.337 e. The van der Waals surface area contributed by atoms with E-state index >= 15 is 0 Å². The Hall–Kier alpha value is -2.63. The van der Waals surface area contributed by atoms with E-state index in [0.717, 1.165) is 12.1 Å². The van der Waals surface area contributed by atoms with Crippen LogP contribution in [0.2, 0.25) is 0 Å². The molecule has 20 heavy (non-hydrogen) atoms. The molecule has 0 fully saturated rings. The number of carbonyl (C=O) groups excluding carboxylic acids is 1. The molecule has 0 saturated carbocycles. The topological polar surface area (TPSA) is 61.5 Å². The summed E-state index contributed by atoms with van der Waals surface area (Å²) < 4.78 is 36.0. The van der Waals surface area contributed by atoms with Crippen molar-refractivity contribution in [2.45, 2.75) is 0 Å². The Balaban J connectivity index is 2.28. The maximum Gasteiger partial charge on any atom is 0.337 e. The van der Waals surface area contributed by atoms with E-state index < -0.39 is 17.6 Å². The number of anilines is 1. The Bertz CT molecular complexity index is 659. The second-order valence-corrected chi connectivity index (χ2v) is 3.92. The number of benzene rings is 2. The van der Waals surface area contributed by atoms with E-state index in [9.17, 15) is 13.6 Å². The molecule has 2 N–H and O–H groups in total. The number of methoxy groups -OCH3 is 1. The highest BCUT2D eigenvalue weighted by atomic mass is 19.1. The molecule has 6 heteroatoms. The van der Waals surface area contributed by atoms with Crippen LogP contribution >= 0.6 is 0 Å². The molecule has 0 saturated heterocycles. The lowest BCUT2D eigenvalue weighted by Gasteiger charge is -2.10. The van der Waals surface area contributed by atoms with E-state index in [4.69, 9.17) is 10.5 Å². The minimum Gasteiger partial charge on any atom is -0.465 e. The zero-order valence-corrected chi connectivity index (χ0v) is 10.5. The van der Waals surface area contributed by atoms with Crippen molar-refractivity contribution in [3.63, 3.8) is 0 Å². The molecular formula is C14H11F2NO3. The Morgan fingerprint density at radius 2 is 1.80 bits per heavy atom. The van der Waals surface area contributed by atoms with Crippen molar-refractivity contribution >= 4 is 11.7 Å². The predicted octanol–water partition coefficient (Wildman–Crippen LogP) is 3.13. The van der Waals surface area contributed by atoms with Gasteiger partial charge in [0, 0.05) is 6.07 Å². The first-order chi connectivity index (χ1) is 9.51. The van der Waals surface area contributed by atoms with Gasteiger partial charge in [0.2, 0.25) is 0 Å². The van der Waals surface area contributed by atoms with E-state index in [1.807, 2.05) is 0 Å². The molecule has 0 heterocycles. The Kier molecular flexibility index (Phi) is 3.84. The van der Waals surface area contributed by atoms with Crippen LogP contribution in [-0.4, -0.2) is 13.1 Å². The fourth-order valence-electron chi connectivity index (χ4n) is 1.56. The van der Waals surface area contributed by atoms with Crippen LogP contribution in [0.3, 0.4) is 0 Å². The normalized spacial score (nSPS) is 10.2. The monoisotopic (exact) mass is 279 g/mol. The zero-order chi connectivity index (χ0) is 14.7. The van der Waals surface area contributed by atoms with Crippen LogP contribution in [-0.2, 0) is 4.74 Å². The van der Waals surface area contributed by atoms with Crippen molar-refractivity contribution in [3.8, 4) is 11.5 Å². The van der Waals surface area contributed by atoms with Crippen molar-refractivity contribution in [1.29, 1.82) is 0 Å².